The Hall–Kier alpha value is -2.56. The summed E-state index contributed by atoms with van der Waals surface area (Å²) in [7, 11) is 0. The number of carbonyl (C=O) groups is 1. The van der Waals surface area contributed by atoms with Gasteiger partial charge in [-0.3, -0.25) is 4.79 Å². The molecule has 0 radical (unpaired) electrons. The van der Waals surface area contributed by atoms with E-state index in [1.165, 1.54) is 12.3 Å². The molecule has 0 bridgehead atoms. The van der Waals surface area contributed by atoms with E-state index in [2.05, 4.69) is 10.3 Å². The summed E-state index contributed by atoms with van der Waals surface area (Å²) in [6.07, 6.45) is 3.10. The third-order valence-electron chi connectivity index (χ3n) is 3.67. The first-order valence-electron chi connectivity index (χ1n) is 6.43. The second kappa shape index (κ2) is 4.52. The van der Waals surface area contributed by atoms with Crippen LogP contribution in [0, 0.1) is 0 Å². The molecule has 0 unspecified atom stereocenters. The van der Waals surface area contributed by atoms with E-state index in [9.17, 15) is 9.90 Å². The van der Waals surface area contributed by atoms with E-state index < -0.39 is 5.41 Å². The Morgan fingerprint density at radius 2 is 1.95 bits per heavy atom. The maximum Gasteiger partial charge on any atom is 0.236 e. The van der Waals surface area contributed by atoms with Crippen LogP contribution < -0.4 is 11.1 Å². The van der Waals surface area contributed by atoms with Gasteiger partial charge >= 0.3 is 0 Å². The third-order valence-corrected chi connectivity index (χ3v) is 3.67. The van der Waals surface area contributed by atoms with Crippen molar-refractivity contribution >= 4 is 17.4 Å². The van der Waals surface area contributed by atoms with E-state index >= 15 is 0 Å². The number of hydrogen-bond acceptors (Lipinski definition) is 4. The van der Waals surface area contributed by atoms with Gasteiger partial charge in [-0.25, -0.2) is 4.98 Å². The van der Waals surface area contributed by atoms with Crippen LogP contribution in [0.15, 0.2) is 42.6 Å². The van der Waals surface area contributed by atoms with Gasteiger partial charge in [-0.15, -0.1) is 0 Å². The largest absolute Gasteiger partial charge is 0.504 e. The number of pyridine rings is 1. The van der Waals surface area contributed by atoms with E-state index in [4.69, 9.17) is 5.73 Å². The highest BCUT2D eigenvalue weighted by molar-refractivity contribution is 6.01. The minimum absolute atomic E-state index is 0.0334. The molecule has 1 aliphatic rings. The molecule has 4 N–H and O–H groups in total. The Kier molecular flexibility index (Phi) is 2.82. The Balaban J connectivity index is 1.84. The summed E-state index contributed by atoms with van der Waals surface area (Å²) in [5.41, 5.74) is 6.77. The Labute approximate surface area is 116 Å². The first kappa shape index (κ1) is 12.5. The molecule has 2 aromatic rings. The summed E-state index contributed by atoms with van der Waals surface area (Å²) < 4.78 is 0. The highest BCUT2D eigenvalue weighted by Gasteiger charge is 2.51. The van der Waals surface area contributed by atoms with Crippen molar-refractivity contribution in [1.29, 1.82) is 0 Å². The zero-order chi connectivity index (χ0) is 14.2. The fourth-order valence-corrected chi connectivity index (χ4v) is 2.29. The molecule has 1 aromatic carbocycles. The summed E-state index contributed by atoms with van der Waals surface area (Å²) >= 11 is 0. The molecular formula is C15H15N3O2. The smallest absolute Gasteiger partial charge is 0.236 e. The highest BCUT2D eigenvalue weighted by Crippen LogP contribution is 2.49. The molecule has 102 valence electrons. The molecule has 1 amide bonds. The SMILES string of the molecule is Nc1ccc(C2(C(=O)Nc3ncccc3O)CC2)cc1. The summed E-state index contributed by atoms with van der Waals surface area (Å²) in [5.74, 6) is 0.0180. The number of hydrogen-bond donors (Lipinski definition) is 3. The van der Waals surface area contributed by atoms with Gasteiger partial charge in [0.05, 0.1) is 5.41 Å². The summed E-state index contributed by atoms with van der Waals surface area (Å²) in [5, 5.41) is 12.4. The number of amides is 1. The number of carbonyl (C=O) groups excluding carboxylic acids is 1. The van der Waals surface area contributed by atoms with Crippen LogP contribution in [0.1, 0.15) is 18.4 Å². The Bertz CT molecular complexity index is 648. The fraction of sp³-hybridized carbons (Fsp3) is 0.200. The van der Waals surface area contributed by atoms with Gasteiger partial charge in [-0.05, 0) is 42.7 Å². The molecule has 0 aliphatic heterocycles. The lowest BCUT2D eigenvalue weighted by Crippen LogP contribution is -2.28. The molecule has 0 atom stereocenters. The molecule has 1 saturated carbocycles. The number of nitrogens with two attached hydrogens (primary N) is 1. The molecule has 0 saturated heterocycles. The molecule has 0 spiro atoms. The van der Waals surface area contributed by atoms with Crippen molar-refractivity contribution in [2.45, 2.75) is 18.3 Å². The average Bonchev–Trinajstić information content (AvgIpc) is 3.24. The fourth-order valence-electron chi connectivity index (χ4n) is 2.29. The average molecular weight is 269 g/mol. The van der Waals surface area contributed by atoms with Gasteiger partial charge in [0.25, 0.3) is 0 Å². The van der Waals surface area contributed by atoms with Gasteiger partial charge in [-0.1, -0.05) is 12.1 Å². The van der Waals surface area contributed by atoms with E-state index in [1.807, 2.05) is 12.1 Å². The Morgan fingerprint density at radius 1 is 1.25 bits per heavy atom. The zero-order valence-corrected chi connectivity index (χ0v) is 10.8. The van der Waals surface area contributed by atoms with Crippen molar-refractivity contribution in [3.8, 4) is 5.75 Å². The topological polar surface area (TPSA) is 88.2 Å². The molecule has 1 aromatic heterocycles. The zero-order valence-electron chi connectivity index (χ0n) is 10.8. The summed E-state index contributed by atoms with van der Waals surface area (Å²) in [4.78, 5) is 16.4. The van der Waals surface area contributed by atoms with Crippen LogP contribution >= 0.6 is 0 Å². The second-order valence-electron chi connectivity index (χ2n) is 5.03. The van der Waals surface area contributed by atoms with Gasteiger partial charge in [0.2, 0.25) is 5.91 Å². The molecule has 5 heteroatoms. The number of rotatable bonds is 3. The van der Waals surface area contributed by atoms with Crippen LogP contribution in [0.5, 0.6) is 5.75 Å². The highest BCUT2D eigenvalue weighted by atomic mass is 16.3. The lowest BCUT2D eigenvalue weighted by molar-refractivity contribution is -0.118. The first-order chi connectivity index (χ1) is 9.62. The minimum Gasteiger partial charge on any atom is -0.504 e. The number of nitrogens with zero attached hydrogens (tertiary/aromatic N) is 1. The number of nitrogen functional groups attached to an aromatic ring is 1. The lowest BCUT2D eigenvalue weighted by atomic mass is 9.95. The van der Waals surface area contributed by atoms with Crippen molar-refractivity contribution in [2.75, 3.05) is 11.1 Å². The van der Waals surface area contributed by atoms with Gasteiger partial charge in [0.15, 0.2) is 11.6 Å². The predicted molar refractivity (Wildman–Crippen MR) is 76.3 cm³/mol. The Morgan fingerprint density at radius 3 is 2.55 bits per heavy atom. The summed E-state index contributed by atoms with van der Waals surface area (Å²) in [6.45, 7) is 0. The quantitative estimate of drug-likeness (QED) is 0.744. The lowest BCUT2D eigenvalue weighted by Gasteiger charge is -2.16. The molecule has 3 rings (SSSR count). The second-order valence-corrected chi connectivity index (χ2v) is 5.03. The van der Waals surface area contributed by atoms with E-state index in [0.29, 0.717) is 5.69 Å². The molecule has 1 heterocycles. The van der Waals surface area contributed by atoms with Gasteiger partial charge in [0, 0.05) is 11.9 Å². The van der Waals surface area contributed by atoms with Crippen molar-refractivity contribution in [1.82, 2.24) is 4.98 Å². The van der Waals surface area contributed by atoms with E-state index in [1.54, 1.807) is 18.2 Å². The van der Waals surface area contributed by atoms with Gasteiger partial charge in [0.1, 0.15) is 0 Å². The standard InChI is InChI=1S/C15H15N3O2/c16-11-5-3-10(4-6-11)15(7-8-15)14(20)18-13-12(19)2-1-9-17-13/h1-6,9,19H,7-8,16H2,(H,17,18,20). The van der Waals surface area contributed by atoms with Crippen LogP contribution in [-0.4, -0.2) is 16.0 Å². The van der Waals surface area contributed by atoms with Crippen LogP contribution in [0.2, 0.25) is 0 Å². The van der Waals surface area contributed by atoms with Crippen molar-refractivity contribution < 1.29 is 9.90 Å². The molecule has 1 fully saturated rings. The normalized spacial score (nSPS) is 15.6. The van der Waals surface area contributed by atoms with Crippen LogP contribution in [0.3, 0.4) is 0 Å². The van der Waals surface area contributed by atoms with Crippen LogP contribution in [0.25, 0.3) is 0 Å². The maximum atomic E-state index is 12.4. The number of nitrogens with one attached hydrogen (secondary N) is 1. The summed E-state index contributed by atoms with van der Waals surface area (Å²) in [6, 6.07) is 10.4. The van der Waals surface area contributed by atoms with Gasteiger partial charge in [-0.2, -0.15) is 0 Å². The van der Waals surface area contributed by atoms with Crippen molar-refractivity contribution in [3.05, 3.63) is 48.2 Å². The van der Waals surface area contributed by atoms with Crippen LogP contribution in [0.4, 0.5) is 11.5 Å². The predicted octanol–water partition coefficient (Wildman–Crippen LogP) is 2.04. The number of anilines is 2. The molecule has 5 nitrogen and oxygen atoms in total. The number of aromatic nitrogens is 1. The van der Waals surface area contributed by atoms with Crippen LogP contribution in [-0.2, 0) is 10.2 Å². The minimum atomic E-state index is -0.516. The number of aromatic hydroxyl groups is 1. The molecule has 20 heavy (non-hydrogen) atoms. The monoisotopic (exact) mass is 269 g/mol. The van der Waals surface area contributed by atoms with E-state index in [0.717, 1.165) is 18.4 Å². The first-order valence-corrected chi connectivity index (χ1v) is 6.43. The maximum absolute atomic E-state index is 12.4. The third kappa shape index (κ3) is 2.07. The van der Waals surface area contributed by atoms with E-state index in [-0.39, 0.29) is 17.5 Å². The van der Waals surface area contributed by atoms with Gasteiger partial charge < -0.3 is 16.2 Å². The van der Waals surface area contributed by atoms with Crippen molar-refractivity contribution in [2.24, 2.45) is 0 Å². The molecule has 1 aliphatic carbocycles. The van der Waals surface area contributed by atoms with Crippen molar-refractivity contribution in [3.63, 3.8) is 0 Å². The number of benzene rings is 1. The molecular weight excluding hydrogens is 254 g/mol.